The van der Waals surface area contributed by atoms with Crippen molar-refractivity contribution in [1.29, 1.82) is 0 Å². The second-order valence-corrected chi connectivity index (χ2v) is 7.07. The summed E-state index contributed by atoms with van der Waals surface area (Å²) in [5.41, 5.74) is 1.88. The number of benzene rings is 1. The number of hydrogen-bond acceptors (Lipinski definition) is 5. The Hall–Kier alpha value is -1.92. The molecule has 2 aromatic rings. The number of hydrogen-bond donors (Lipinski definition) is 1. The number of amides is 1. The Morgan fingerprint density at radius 3 is 2.88 bits per heavy atom. The van der Waals surface area contributed by atoms with Crippen LogP contribution in [0.5, 0.6) is 5.75 Å². The highest BCUT2D eigenvalue weighted by atomic mass is 32.1. The van der Waals surface area contributed by atoms with Crippen LogP contribution >= 0.6 is 11.3 Å². The Morgan fingerprint density at radius 2 is 2.21 bits per heavy atom. The van der Waals surface area contributed by atoms with Crippen LogP contribution in [0.2, 0.25) is 0 Å². The van der Waals surface area contributed by atoms with E-state index in [1.807, 2.05) is 31.2 Å². The molecule has 1 saturated heterocycles. The van der Waals surface area contributed by atoms with Gasteiger partial charge in [0.05, 0.1) is 18.7 Å². The quantitative estimate of drug-likeness (QED) is 0.903. The van der Waals surface area contributed by atoms with Gasteiger partial charge in [0.15, 0.2) is 0 Å². The highest BCUT2D eigenvalue weighted by molar-refractivity contribution is 7.09. The molecule has 0 bridgehead atoms. The third-order valence-corrected chi connectivity index (χ3v) is 5.36. The summed E-state index contributed by atoms with van der Waals surface area (Å²) < 4.78 is 5.13. The summed E-state index contributed by atoms with van der Waals surface area (Å²) >= 11 is 1.73. The molecule has 1 aliphatic rings. The summed E-state index contributed by atoms with van der Waals surface area (Å²) in [6, 6.07) is 7.40. The zero-order valence-electron chi connectivity index (χ0n) is 14.1. The average molecular weight is 345 g/mol. The maximum absolute atomic E-state index is 12.3. The van der Waals surface area contributed by atoms with Gasteiger partial charge in [0, 0.05) is 29.2 Å². The number of anilines is 1. The fourth-order valence-corrected chi connectivity index (χ4v) is 3.96. The number of nitrogens with zero attached hydrogens (tertiary/aromatic N) is 2. The van der Waals surface area contributed by atoms with Crippen molar-refractivity contribution >= 4 is 22.9 Å². The molecule has 1 fully saturated rings. The standard InChI is InChI=1S/C18H23N3O2S/c1-13-12-24-18(19-13)14-4-3-9-21(10-14)11-17(22)20-15-5-7-16(23-2)8-6-15/h5-8,12,14H,3-4,9-11H2,1-2H3,(H,20,22)/t14-/m0/s1. The number of carbonyl (C=O) groups is 1. The predicted molar refractivity (Wildman–Crippen MR) is 96.9 cm³/mol. The minimum absolute atomic E-state index is 0.0242. The van der Waals surface area contributed by atoms with Crippen LogP contribution in [0.3, 0.4) is 0 Å². The van der Waals surface area contributed by atoms with Crippen LogP contribution in [0.1, 0.15) is 29.5 Å². The van der Waals surface area contributed by atoms with E-state index in [0.29, 0.717) is 12.5 Å². The topological polar surface area (TPSA) is 54.5 Å². The first kappa shape index (κ1) is 16.9. The number of piperidine rings is 1. The average Bonchev–Trinajstić information content (AvgIpc) is 3.02. The SMILES string of the molecule is COc1ccc(NC(=O)CN2CCC[C@H](c3nc(C)cs3)C2)cc1. The van der Waals surface area contributed by atoms with Crippen LogP contribution < -0.4 is 10.1 Å². The molecule has 2 heterocycles. The smallest absolute Gasteiger partial charge is 0.238 e. The second-order valence-electron chi connectivity index (χ2n) is 6.18. The molecule has 1 N–H and O–H groups in total. The van der Waals surface area contributed by atoms with E-state index >= 15 is 0 Å². The Morgan fingerprint density at radius 1 is 1.42 bits per heavy atom. The second kappa shape index (κ2) is 7.77. The van der Waals surface area contributed by atoms with Gasteiger partial charge in [-0.3, -0.25) is 9.69 Å². The molecular weight excluding hydrogens is 322 g/mol. The molecule has 1 aromatic heterocycles. The third-order valence-electron chi connectivity index (χ3n) is 4.23. The molecule has 0 aliphatic carbocycles. The lowest BCUT2D eigenvalue weighted by atomic mass is 9.99. The summed E-state index contributed by atoms with van der Waals surface area (Å²) in [5, 5.41) is 6.25. The Bertz CT molecular complexity index is 684. The molecule has 1 atom stereocenters. The lowest BCUT2D eigenvalue weighted by molar-refractivity contribution is -0.117. The normalized spacial score (nSPS) is 18.3. The fourth-order valence-electron chi connectivity index (χ4n) is 3.04. The van der Waals surface area contributed by atoms with Crippen LogP contribution in [-0.2, 0) is 4.79 Å². The molecular formula is C18H23N3O2S. The number of nitrogens with one attached hydrogen (secondary N) is 1. The molecule has 1 amide bonds. The lowest BCUT2D eigenvalue weighted by Gasteiger charge is -2.31. The van der Waals surface area contributed by atoms with Gasteiger partial charge >= 0.3 is 0 Å². The van der Waals surface area contributed by atoms with E-state index in [4.69, 9.17) is 4.74 Å². The van der Waals surface area contributed by atoms with Crippen molar-refractivity contribution in [2.75, 3.05) is 32.1 Å². The zero-order chi connectivity index (χ0) is 16.9. The molecule has 0 saturated carbocycles. The maximum Gasteiger partial charge on any atom is 0.238 e. The maximum atomic E-state index is 12.3. The summed E-state index contributed by atoms with van der Waals surface area (Å²) in [6.07, 6.45) is 2.27. The highest BCUT2D eigenvalue weighted by Gasteiger charge is 2.24. The van der Waals surface area contributed by atoms with Crippen LogP contribution in [-0.4, -0.2) is 42.5 Å². The molecule has 0 radical (unpaired) electrons. The van der Waals surface area contributed by atoms with E-state index in [1.54, 1.807) is 18.4 Å². The Kier molecular flexibility index (Phi) is 5.48. The zero-order valence-corrected chi connectivity index (χ0v) is 14.9. The number of aromatic nitrogens is 1. The minimum Gasteiger partial charge on any atom is -0.497 e. The Labute approximate surface area is 146 Å². The molecule has 3 rings (SSSR count). The van der Waals surface area contributed by atoms with E-state index in [0.717, 1.165) is 43.1 Å². The number of thiazole rings is 1. The van der Waals surface area contributed by atoms with Gasteiger partial charge in [-0.15, -0.1) is 11.3 Å². The van der Waals surface area contributed by atoms with Gasteiger partial charge in [-0.2, -0.15) is 0 Å². The van der Waals surface area contributed by atoms with E-state index in [1.165, 1.54) is 5.01 Å². The number of ether oxygens (including phenoxy) is 1. The van der Waals surface area contributed by atoms with Crippen molar-refractivity contribution < 1.29 is 9.53 Å². The van der Waals surface area contributed by atoms with Crippen LogP contribution in [0, 0.1) is 6.92 Å². The van der Waals surface area contributed by atoms with Crippen molar-refractivity contribution in [1.82, 2.24) is 9.88 Å². The number of carbonyl (C=O) groups excluding carboxylic acids is 1. The van der Waals surface area contributed by atoms with E-state index < -0.39 is 0 Å². The molecule has 128 valence electrons. The molecule has 1 aliphatic heterocycles. The van der Waals surface area contributed by atoms with Crippen molar-refractivity contribution in [2.24, 2.45) is 0 Å². The minimum atomic E-state index is 0.0242. The largest absolute Gasteiger partial charge is 0.497 e. The predicted octanol–water partition coefficient (Wildman–Crippen LogP) is 3.28. The van der Waals surface area contributed by atoms with Gasteiger partial charge in [0.25, 0.3) is 0 Å². The van der Waals surface area contributed by atoms with Gasteiger partial charge in [-0.25, -0.2) is 4.98 Å². The molecule has 5 nitrogen and oxygen atoms in total. The Balaban J connectivity index is 1.53. The van der Waals surface area contributed by atoms with Gasteiger partial charge in [-0.05, 0) is 50.6 Å². The van der Waals surface area contributed by atoms with Gasteiger partial charge in [0.2, 0.25) is 5.91 Å². The fraction of sp³-hybridized carbons (Fsp3) is 0.444. The first-order chi connectivity index (χ1) is 11.6. The number of methoxy groups -OCH3 is 1. The van der Waals surface area contributed by atoms with Crippen molar-refractivity contribution in [3.63, 3.8) is 0 Å². The van der Waals surface area contributed by atoms with Crippen LogP contribution in [0.25, 0.3) is 0 Å². The molecule has 1 aromatic carbocycles. The van der Waals surface area contributed by atoms with Gasteiger partial charge in [0.1, 0.15) is 5.75 Å². The van der Waals surface area contributed by atoms with Gasteiger partial charge in [-0.1, -0.05) is 0 Å². The number of rotatable bonds is 5. The third kappa shape index (κ3) is 4.33. The molecule has 0 spiro atoms. The highest BCUT2D eigenvalue weighted by Crippen LogP contribution is 2.29. The lowest BCUT2D eigenvalue weighted by Crippen LogP contribution is -2.39. The van der Waals surface area contributed by atoms with Crippen molar-refractivity contribution in [3.8, 4) is 5.75 Å². The summed E-state index contributed by atoms with van der Waals surface area (Å²) in [6.45, 7) is 4.33. The first-order valence-corrected chi connectivity index (χ1v) is 9.10. The van der Waals surface area contributed by atoms with Crippen molar-refractivity contribution in [3.05, 3.63) is 40.3 Å². The van der Waals surface area contributed by atoms with Crippen LogP contribution in [0.4, 0.5) is 5.69 Å². The number of aryl methyl sites for hydroxylation is 1. The van der Waals surface area contributed by atoms with Crippen molar-refractivity contribution in [2.45, 2.75) is 25.7 Å². The van der Waals surface area contributed by atoms with E-state index in [-0.39, 0.29) is 5.91 Å². The molecule has 6 heteroatoms. The van der Waals surface area contributed by atoms with E-state index in [2.05, 4.69) is 20.6 Å². The van der Waals surface area contributed by atoms with E-state index in [9.17, 15) is 4.79 Å². The molecule has 24 heavy (non-hydrogen) atoms. The summed E-state index contributed by atoms with van der Waals surface area (Å²) in [4.78, 5) is 19.1. The van der Waals surface area contributed by atoms with Gasteiger partial charge < -0.3 is 10.1 Å². The summed E-state index contributed by atoms with van der Waals surface area (Å²) in [5.74, 6) is 1.26. The number of likely N-dealkylation sites (tertiary alicyclic amines) is 1. The first-order valence-electron chi connectivity index (χ1n) is 8.22. The summed E-state index contributed by atoms with van der Waals surface area (Å²) in [7, 11) is 1.63. The molecule has 0 unspecified atom stereocenters. The monoisotopic (exact) mass is 345 g/mol. The van der Waals surface area contributed by atoms with Crippen LogP contribution in [0.15, 0.2) is 29.6 Å².